The summed E-state index contributed by atoms with van der Waals surface area (Å²) in [4.78, 5) is 29.9. The van der Waals surface area contributed by atoms with Crippen molar-refractivity contribution < 1.29 is 14.0 Å². The molecule has 5 nitrogen and oxygen atoms in total. The summed E-state index contributed by atoms with van der Waals surface area (Å²) in [6, 6.07) is 12.9. The van der Waals surface area contributed by atoms with Crippen LogP contribution in [0.2, 0.25) is 0 Å². The Morgan fingerprint density at radius 1 is 0.923 bits per heavy atom. The predicted octanol–water partition coefficient (Wildman–Crippen LogP) is 3.64. The van der Waals surface area contributed by atoms with Gasteiger partial charge in [-0.25, -0.2) is 4.39 Å². The number of hydrogen-bond donors (Lipinski definition) is 2. The molecule has 2 N–H and O–H groups in total. The number of pyridine rings is 1. The summed E-state index contributed by atoms with van der Waals surface area (Å²) in [5, 5.41) is 0. The van der Waals surface area contributed by atoms with Gasteiger partial charge in [0.2, 0.25) is 0 Å². The summed E-state index contributed by atoms with van der Waals surface area (Å²) < 4.78 is 13.0. The fourth-order valence-corrected chi connectivity index (χ4v) is 3.30. The van der Waals surface area contributed by atoms with Gasteiger partial charge in [-0.2, -0.15) is 0 Å². The van der Waals surface area contributed by atoms with Crippen LogP contribution in [-0.2, 0) is 0 Å². The largest absolute Gasteiger partial charge is 0.279 e. The minimum absolute atomic E-state index is 0.313. The monoisotopic (exact) mass is 369 g/mol. The van der Waals surface area contributed by atoms with Crippen LogP contribution < -0.4 is 10.9 Å². The molecule has 2 aromatic heterocycles. The minimum Gasteiger partial charge on any atom is -0.267 e. The van der Waals surface area contributed by atoms with Crippen molar-refractivity contribution >= 4 is 23.2 Å². The third kappa shape index (κ3) is 3.94. The molecule has 2 amide bonds. The van der Waals surface area contributed by atoms with E-state index in [-0.39, 0.29) is 5.82 Å². The van der Waals surface area contributed by atoms with Crippen molar-refractivity contribution in [3.8, 4) is 10.4 Å². The summed E-state index contributed by atoms with van der Waals surface area (Å²) in [6.07, 6.45) is 0. The SMILES string of the molecule is Cc1ccc(C(=O)NNC(=O)c2ccc(-c3ccc(F)cc3)s2)c(C)n1. The lowest BCUT2D eigenvalue weighted by Crippen LogP contribution is -2.41. The predicted molar refractivity (Wildman–Crippen MR) is 98.4 cm³/mol. The first-order chi connectivity index (χ1) is 12.4. The molecule has 0 radical (unpaired) electrons. The van der Waals surface area contributed by atoms with Crippen molar-refractivity contribution in [2.75, 3.05) is 0 Å². The third-order valence-electron chi connectivity index (χ3n) is 3.72. The summed E-state index contributed by atoms with van der Waals surface area (Å²) >= 11 is 1.25. The van der Waals surface area contributed by atoms with Crippen LogP contribution in [0.25, 0.3) is 10.4 Å². The number of hydrogen-bond acceptors (Lipinski definition) is 4. The van der Waals surface area contributed by atoms with Gasteiger partial charge < -0.3 is 0 Å². The maximum absolute atomic E-state index is 13.0. The van der Waals surface area contributed by atoms with E-state index in [0.717, 1.165) is 16.1 Å². The molecule has 0 atom stereocenters. The van der Waals surface area contributed by atoms with Gasteiger partial charge in [-0.15, -0.1) is 11.3 Å². The molecule has 0 bridgehead atoms. The Kier molecular flexibility index (Phi) is 5.09. The number of halogens is 1. The molecule has 2 heterocycles. The molecule has 0 aliphatic heterocycles. The van der Waals surface area contributed by atoms with Gasteiger partial charge in [0.25, 0.3) is 11.8 Å². The fraction of sp³-hybridized carbons (Fsp3) is 0.105. The molecule has 132 valence electrons. The zero-order chi connectivity index (χ0) is 18.7. The van der Waals surface area contributed by atoms with Crippen LogP contribution in [0.4, 0.5) is 4.39 Å². The molecule has 0 saturated carbocycles. The number of thiophene rings is 1. The van der Waals surface area contributed by atoms with Gasteiger partial charge in [0.15, 0.2) is 0 Å². The minimum atomic E-state index is -0.432. The van der Waals surface area contributed by atoms with Crippen molar-refractivity contribution in [2.45, 2.75) is 13.8 Å². The molecule has 0 aliphatic rings. The van der Waals surface area contributed by atoms with Crippen LogP contribution in [0.5, 0.6) is 0 Å². The van der Waals surface area contributed by atoms with Crippen LogP contribution in [0, 0.1) is 19.7 Å². The Morgan fingerprint density at radius 2 is 1.62 bits per heavy atom. The van der Waals surface area contributed by atoms with E-state index in [1.165, 1.54) is 23.5 Å². The highest BCUT2D eigenvalue weighted by Gasteiger charge is 2.14. The highest BCUT2D eigenvalue weighted by Crippen LogP contribution is 2.28. The molecule has 1 aromatic carbocycles. The Morgan fingerprint density at radius 3 is 2.31 bits per heavy atom. The van der Waals surface area contributed by atoms with E-state index in [0.29, 0.717) is 16.1 Å². The van der Waals surface area contributed by atoms with Gasteiger partial charge in [-0.3, -0.25) is 25.4 Å². The van der Waals surface area contributed by atoms with Crippen LogP contribution in [0.15, 0.2) is 48.5 Å². The van der Waals surface area contributed by atoms with Gasteiger partial charge >= 0.3 is 0 Å². The number of carbonyl (C=O) groups excluding carboxylic acids is 2. The molecule has 3 aromatic rings. The van der Waals surface area contributed by atoms with E-state index < -0.39 is 11.8 Å². The Balaban J connectivity index is 1.65. The number of carbonyl (C=O) groups is 2. The van der Waals surface area contributed by atoms with E-state index in [1.807, 2.05) is 6.92 Å². The van der Waals surface area contributed by atoms with Gasteiger partial charge in [0, 0.05) is 10.6 Å². The molecule has 0 unspecified atom stereocenters. The lowest BCUT2D eigenvalue weighted by molar-refractivity contribution is 0.0848. The van der Waals surface area contributed by atoms with E-state index >= 15 is 0 Å². The Bertz CT molecular complexity index is 967. The van der Waals surface area contributed by atoms with Gasteiger partial charge in [0.05, 0.1) is 16.1 Å². The average Bonchev–Trinajstić information content (AvgIpc) is 3.10. The normalized spacial score (nSPS) is 10.4. The number of benzene rings is 1. The Hall–Kier alpha value is -3.06. The van der Waals surface area contributed by atoms with E-state index in [9.17, 15) is 14.0 Å². The third-order valence-corrected chi connectivity index (χ3v) is 4.85. The fourth-order valence-electron chi connectivity index (χ4n) is 2.40. The lowest BCUT2D eigenvalue weighted by Gasteiger charge is -2.08. The molecular weight excluding hydrogens is 353 g/mol. The topological polar surface area (TPSA) is 71.1 Å². The molecule has 0 spiro atoms. The molecule has 7 heteroatoms. The number of nitrogens with zero attached hydrogens (tertiary/aromatic N) is 1. The van der Waals surface area contributed by atoms with Gasteiger partial charge in [-0.1, -0.05) is 12.1 Å². The summed E-state index contributed by atoms with van der Waals surface area (Å²) in [5.74, 6) is -1.17. The van der Waals surface area contributed by atoms with E-state index in [1.54, 1.807) is 43.3 Å². The van der Waals surface area contributed by atoms with Gasteiger partial charge in [-0.05, 0) is 55.8 Å². The van der Waals surface area contributed by atoms with Crippen LogP contribution >= 0.6 is 11.3 Å². The Labute approximate surface area is 153 Å². The number of rotatable bonds is 3. The van der Waals surface area contributed by atoms with Crippen molar-refractivity contribution in [1.29, 1.82) is 0 Å². The number of aryl methyl sites for hydroxylation is 2. The standard InChI is InChI=1S/C19H16FN3O2S/c1-11-3-8-15(12(2)21-11)18(24)22-23-19(25)17-10-9-16(26-17)13-4-6-14(20)7-5-13/h3-10H,1-2H3,(H,22,24)(H,23,25). The highest BCUT2D eigenvalue weighted by atomic mass is 32.1. The van der Waals surface area contributed by atoms with E-state index in [4.69, 9.17) is 0 Å². The molecule has 3 rings (SSSR count). The maximum atomic E-state index is 13.0. The van der Waals surface area contributed by atoms with Crippen molar-refractivity contribution in [3.05, 3.63) is 76.2 Å². The summed E-state index contributed by atoms with van der Waals surface area (Å²) in [5.41, 5.74) is 7.41. The molecule has 0 saturated heterocycles. The summed E-state index contributed by atoms with van der Waals surface area (Å²) in [7, 11) is 0. The second-order valence-corrected chi connectivity index (χ2v) is 6.75. The maximum Gasteiger partial charge on any atom is 0.279 e. The molecular formula is C19H16FN3O2S. The zero-order valence-electron chi connectivity index (χ0n) is 14.2. The smallest absolute Gasteiger partial charge is 0.267 e. The second-order valence-electron chi connectivity index (χ2n) is 5.66. The zero-order valence-corrected chi connectivity index (χ0v) is 15.0. The van der Waals surface area contributed by atoms with Crippen molar-refractivity contribution in [3.63, 3.8) is 0 Å². The second kappa shape index (κ2) is 7.45. The number of aromatic nitrogens is 1. The first kappa shape index (κ1) is 17.8. The van der Waals surface area contributed by atoms with Crippen molar-refractivity contribution in [2.24, 2.45) is 0 Å². The van der Waals surface area contributed by atoms with Crippen molar-refractivity contribution in [1.82, 2.24) is 15.8 Å². The van der Waals surface area contributed by atoms with Crippen LogP contribution in [0.1, 0.15) is 31.4 Å². The molecule has 0 aliphatic carbocycles. The number of nitrogens with one attached hydrogen (secondary N) is 2. The molecule has 0 fully saturated rings. The summed E-state index contributed by atoms with van der Waals surface area (Å²) in [6.45, 7) is 3.57. The highest BCUT2D eigenvalue weighted by molar-refractivity contribution is 7.17. The van der Waals surface area contributed by atoms with Gasteiger partial charge in [0.1, 0.15) is 5.82 Å². The van der Waals surface area contributed by atoms with Crippen LogP contribution in [0.3, 0.4) is 0 Å². The molecule has 26 heavy (non-hydrogen) atoms. The van der Waals surface area contributed by atoms with E-state index in [2.05, 4.69) is 15.8 Å². The quantitative estimate of drug-likeness (QED) is 0.693. The first-order valence-corrected chi connectivity index (χ1v) is 8.66. The van der Waals surface area contributed by atoms with Crippen LogP contribution in [-0.4, -0.2) is 16.8 Å². The number of hydrazine groups is 1. The number of amides is 2. The lowest BCUT2D eigenvalue weighted by atomic mass is 10.2. The average molecular weight is 369 g/mol. The first-order valence-electron chi connectivity index (χ1n) is 7.85.